The predicted molar refractivity (Wildman–Crippen MR) is 107 cm³/mol. The molecule has 2 aliphatic rings. The molecule has 2 aliphatic heterocycles. The molecule has 1 aromatic carbocycles. The Morgan fingerprint density at radius 2 is 1.76 bits per heavy atom. The third-order valence-corrected chi connectivity index (χ3v) is 6.52. The van der Waals surface area contributed by atoms with E-state index in [1.54, 1.807) is 4.90 Å². The Morgan fingerprint density at radius 3 is 2.41 bits per heavy atom. The molecule has 9 nitrogen and oxygen atoms in total. The first-order chi connectivity index (χ1) is 14.0. The molecule has 1 N–H and O–H groups in total. The van der Waals surface area contributed by atoms with Crippen LogP contribution in [0.3, 0.4) is 0 Å². The molecule has 2 fully saturated rings. The van der Waals surface area contributed by atoms with Crippen LogP contribution >= 0.6 is 0 Å². The molecule has 0 radical (unpaired) electrons. The van der Waals surface area contributed by atoms with Crippen LogP contribution in [0.1, 0.15) is 16.8 Å². The summed E-state index contributed by atoms with van der Waals surface area (Å²) in [6, 6.07) is 4.37. The van der Waals surface area contributed by atoms with Crippen molar-refractivity contribution in [1.29, 1.82) is 0 Å². The summed E-state index contributed by atoms with van der Waals surface area (Å²) < 4.78 is 43.9. The normalized spacial score (nSPS) is 18.6. The molecule has 10 heteroatoms. The fraction of sp³-hybridized carbons (Fsp3) is 0.632. The number of ether oxygens (including phenoxy) is 3. The second kappa shape index (κ2) is 10.4. The van der Waals surface area contributed by atoms with Crippen molar-refractivity contribution in [3.05, 3.63) is 23.8 Å². The van der Waals surface area contributed by atoms with Crippen molar-refractivity contribution in [2.24, 2.45) is 0 Å². The van der Waals surface area contributed by atoms with Gasteiger partial charge < -0.3 is 19.1 Å². The van der Waals surface area contributed by atoms with Crippen molar-refractivity contribution in [3.63, 3.8) is 0 Å². The number of morpholine rings is 2. The van der Waals surface area contributed by atoms with Gasteiger partial charge in [-0.3, -0.25) is 9.69 Å². The maximum absolute atomic E-state index is 12.9. The number of amides is 1. The first-order valence-corrected chi connectivity index (χ1v) is 11.3. The van der Waals surface area contributed by atoms with E-state index in [0.717, 1.165) is 32.8 Å². The van der Waals surface area contributed by atoms with Gasteiger partial charge in [0.25, 0.3) is 5.91 Å². The lowest BCUT2D eigenvalue weighted by Crippen LogP contribution is -2.41. The zero-order valence-electron chi connectivity index (χ0n) is 16.8. The van der Waals surface area contributed by atoms with E-state index in [2.05, 4.69) is 9.62 Å². The molecule has 1 aromatic rings. The maximum atomic E-state index is 12.9. The Balaban J connectivity index is 1.64. The highest BCUT2D eigenvalue weighted by atomic mass is 32.2. The first kappa shape index (κ1) is 22.0. The molecule has 0 unspecified atom stereocenters. The summed E-state index contributed by atoms with van der Waals surface area (Å²) in [5.74, 6) is 0.0993. The molecule has 0 spiro atoms. The molecule has 0 bridgehead atoms. The molecule has 0 aliphatic carbocycles. The van der Waals surface area contributed by atoms with E-state index in [1.165, 1.54) is 25.3 Å². The van der Waals surface area contributed by atoms with E-state index in [9.17, 15) is 13.2 Å². The number of nitrogens with zero attached hydrogens (tertiary/aromatic N) is 2. The van der Waals surface area contributed by atoms with E-state index in [4.69, 9.17) is 14.2 Å². The summed E-state index contributed by atoms with van der Waals surface area (Å²) >= 11 is 0. The number of carbonyl (C=O) groups is 1. The quantitative estimate of drug-likeness (QED) is 0.591. The molecular weight excluding hydrogens is 398 g/mol. The smallest absolute Gasteiger partial charge is 0.257 e. The average Bonchev–Trinajstić information content (AvgIpc) is 2.77. The van der Waals surface area contributed by atoms with Crippen molar-refractivity contribution < 1.29 is 27.4 Å². The van der Waals surface area contributed by atoms with E-state index >= 15 is 0 Å². The monoisotopic (exact) mass is 427 g/mol. The number of rotatable bonds is 8. The zero-order valence-corrected chi connectivity index (χ0v) is 17.6. The number of hydrogen-bond acceptors (Lipinski definition) is 7. The summed E-state index contributed by atoms with van der Waals surface area (Å²) in [5, 5.41) is 0. The Labute approximate surface area is 171 Å². The van der Waals surface area contributed by atoms with Crippen LogP contribution in [0.2, 0.25) is 0 Å². The lowest BCUT2D eigenvalue weighted by molar-refractivity contribution is 0.0300. The standard InChI is InChI=1S/C19H29N3O6S/c1-26-18-4-3-16(15-17(18)19(23)22-9-13-28-14-10-22)29(24,25)20-5-2-6-21-7-11-27-12-8-21/h3-4,15,20H,2,5-14H2,1H3. The Bertz CT molecular complexity index is 789. The fourth-order valence-electron chi connectivity index (χ4n) is 3.38. The van der Waals surface area contributed by atoms with Crippen molar-refractivity contribution in [2.75, 3.05) is 72.8 Å². The van der Waals surface area contributed by atoms with Gasteiger partial charge in [0.15, 0.2) is 0 Å². The van der Waals surface area contributed by atoms with Gasteiger partial charge in [-0.1, -0.05) is 0 Å². The highest BCUT2D eigenvalue weighted by molar-refractivity contribution is 7.89. The van der Waals surface area contributed by atoms with Gasteiger partial charge in [0.05, 0.1) is 44.0 Å². The molecule has 0 atom stereocenters. The van der Waals surface area contributed by atoms with Gasteiger partial charge in [0.1, 0.15) is 5.75 Å². The SMILES string of the molecule is COc1ccc(S(=O)(=O)NCCCN2CCOCC2)cc1C(=O)N1CCOCC1. The van der Waals surface area contributed by atoms with Gasteiger partial charge >= 0.3 is 0 Å². The van der Waals surface area contributed by atoms with E-state index in [0.29, 0.717) is 45.0 Å². The van der Waals surface area contributed by atoms with Crippen molar-refractivity contribution in [1.82, 2.24) is 14.5 Å². The van der Waals surface area contributed by atoms with E-state index in [-0.39, 0.29) is 16.4 Å². The number of carbonyl (C=O) groups excluding carboxylic acids is 1. The van der Waals surface area contributed by atoms with Crippen molar-refractivity contribution in [3.8, 4) is 5.75 Å². The molecular formula is C19H29N3O6S. The molecule has 3 rings (SSSR count). The molecule has 2 heterocycles. The van der Waals surface area contributed by atoms with Gasteiger partial charge in [0, 0.05) is 32.7 Å². The Hall–Kier alpha value is -1.72. The van der Waals surface area contributed by atoms with Crippen LogP contribution in [-0.4, -0.2) is 96.9 Å². The van der Waals surface area contributed by atoms with Crippen LogP contribution in [0.5, 0.6) is 5.75 Å². The maximum Gasteiger partial charge on any atom is 0.257 e. The van der Waals surface area contributed by atoms with Crippen LogP contribution in [0, 0.1) is 0 Å². The number of benzene rings is 1. The van der Waals surface area contributed by atoms with Crippen LogP contribution in [0.4, 0.5) is 0 Å². The summed E-state index contributed by atoms with van der Waals surface area (Å²) in [6.07, 6.45) is 0.703. The van der Waals surface area contributed by atoms with Crippen LogP contribution in [0.25, 0.3) is 0 Å². The molecule has 0 saturated carbocycles. The third kappa shape index (κ3) is 5.89. The Kier molecular flexibility index (Phi) is 7.84. The second-order valence-electron chi connectivity index (χ2n) is 6.97. The summed E-state index contributed by atoms with van der Waals surface area (Å²) in [4.78, 5) is 16.8. The minimum absolute atomic E-state index is 0.0567. The van der Waals surface area contributed by atoms with E-state index in [1.807, 2.05) is 0 Å². The second-order valence-corrected chi connectivity index (χ2v) is 8.74. The highest BCUT2D eigenvalue weighted by Gasteiger charge is 2.24. The summed E-state index contributed by atoms with van der Waals surface area (Å²) in [7, 11) is -2.26. The molecule has 2 saturated heterocycles. The van der Waals surface area contributed by atoms with Gasteiger partial charge in [-0.05, 0) is 31.2 Å². The molecule has 29 heavy (non-hydrogen) atoms. The Morgan fingerprint density at radius 1 is 1.10 bits per heavy atom. The third-order valence-electron chi connectivity index (χ3n) is 5.06. The minimum atomic E-state index is -3.72. The number of hydrogen-bond donors (Lipinski definition) is 1. The molecule has 1 amide bonds. The van der Waals surface area contributed by atoms with Crippen LogP contribution in [0.15, 0.2) is 23.1 Å². The predicted octanol–water partition coefficient (Wildman–Crippen LogP) is 0.168. The van der Waals surface area contributed by atoms with E-state index < -0.39 is 10.0 Å². The average molecular weight is 428 g/mol. The lowest BCUT2D eigenvalue weighted by atomic mass is 10.1. The van der Waals surface area contributed by atoms with Gasteiger partial charge in [0.2, 0.25) is 10.0 Å². The summed E-state index contributed by atoms with van der Waals surface area (Å²) in [5.41, 5.74) is 0.241. The van der Waals surface area contributed by atoms with Crippen LogP contribution < -0.4 is 9.46 Å². The van der Waals surface area contributed by atoms with Crippen molar-refractivity contribution >= 4 is 15.9 Å². The minimum Gasteiger partial charge on any atom is -0.496 e. The fourth-order valence-corrected chi connectivity index (χ4v) is 4.48. The number of sulfonamides is 1. The molecule has 0 aromatic heterocycles. The van der Waals surface area contributed by atoms with Crippen molar-refractivity contribution in [2.45, 2.75) is 11.3 Å². The largest absolute Gasteiger partial charge is 0.496 e. The zero-order chi connectivity index (χ0) is 20.7. The number of methoxy groups -OCH3 is 1. The number of nitrogens with one attached hydrogen (secondary N) is 1. The lowest BCUT2D eigenvalue weighted by Gasteiger charge is -2.27. The van der Waals surface area contributed by atoms with Crippen LogP contribution in [-0.2, 0) is 19.5 Å². The molecule has 162 valence electrons. The highest BCUT2D eigenvalue weighted by Crippen LogP contribution is 2.24. The summed E-state index contributed by atoms with van der Waals surface area (Å²) in [6.45, 7) is 6.21. The van der Waals surface area contributed by atoms with Gasteiger partial charge in [-0.25, -0.2) is 13.1 Å². The van der Waals surface area contributed by atoms with Gasteiger partial charge in [-0.2, -0.15) is 0 Å². The topological polar surface area (TPSA) is 97.4 Å². The van der Waals surface area contributed by atoms with Gasteiger partial charge in [-0.15, -0.1) is 0 Å². The first-order valence-electron chi connectivity index (χ1n) is 9.86.